The highest BCUT2D eigenvalue weighted by atomic mass is 35.5. The van der Waals surface area contributed by atoms with Crippen molar-refractivity contribution in [2.75, 3.05) is 12.4 Å². The Bertz CT molecular complexity index is 418. The molecule has 0 saturated heterocycles. The van der Waals surface area contributed by atoms with E-state index in [0.29, 0.717) is 22.5 Å². The topological polar surface area (TPSA) is 41.1 Å². The van der Waals surface area contributed by atoms with Gasteiger partial charge in [0.15, 0.2) is 0 Å². The van der Waals surface area contributed by atoms with Crippen molar-refractivity contribution in [1.82, 2.24) is 5.32 Å². The zero-order valence-corrected chi connectivity index (χ0v) is 12.1. The van der Waals surface area contributed by atoms with E-state index in [1.54, 1.807) is 25.2 Å². The number of carbonyl (C=O) groups is 1. The molecule has 0 heterocycles. The molecule has 0 fully saturated rings. The zero-order valence-electron chi connectivity index (χ0n) is 11.4. The molecule has 1 amide bonds. The second-order valence-corrected chi connectivity index (χ2v) is 5.08. The van der Waals surface area contributed by atoms with Gasteiger partial charge in [-0.15, -0.1) is 0 Å². The lowest BCUT2D eigenvalue weighted by Gasteiger charge is -2.23. The minimum Gasteiger partial charge on any atom is -0.381 e. The van der Waals surface area contributed by atoms with Gasteiger partial charge in [-0.05, 0) is 30.5 Å². The second-order valence-electron chi connectivity index (χ2n) is 4.68. The minimum absolute atomic E-state index is 0.104. The highest BCUT2D eigenvalue weighted by molar-refractivity contribution is 6.33. The first-order valence-electron chi connectivity index (χ1n) is 6.27. The maximum atomic E-state index is 11.6. The molecule has 0 aliphatic carbocycles. The smallest absolute Gasteiger partial charge is 0.251 e. The van der Waals surface area contributed by atoms with Crippen molar-refractivity contribution in [3.63, 3.8) is 0 Å². The molecule has 0 radical (unpaired) electrons. The molecule has 3 nitrogen and oxygen atoms in total. The normalized spacial score (nSPS) is 12.3. The fraction of sp³-hybridized carbons (Fsp3) is 0.500. The molecule has 0 bridgehead atoms. The number of hydrogen-bond acceptors (Lipinski definition) is 2. The standard InChI is InChI=1S/C14H21ClN2O/c1-5-12(9(2)3)17-13-8-10(14(18)16-4)6-7-11(13)15/h6-9,12,17H,5H2,1-4H3,(H,16,18). The van der Waals surface area contributed by atoms with Gasteiger partial charge in [0, 0.05) is 18.7 Å². The van der Waals surface area contributed by atoms with Crippen molar-refractivity contribution in [1.29, 1.82) is 0 Å². The van der Waals surface area contributed by atoms with Crippen LogP contribution in [0.5, 0.6) is 0 Å². The largest absolute Gasteiger partial charge is 0.381 e. The van der Waals surface area contributed by atoms with Gasteiger partial charge in [-0.1, -0.05) is 32.4 Å². The van der Waals surface area contributed by atoms with E-state index in [4.69, 9.17) is 11.6 Å². The maximum absolute atomic E-state index is 11.6. The zero-order chi connectivity index (χ0) is 13.7. The van der Waals surface area contributed by atoms with Crippen LogP contribution in [0.3, 0.4) is 0 Å². The number of amides is 1. The first-order chi connectivity index (χ1) is 8.49. The van der Waals surface area contributed by atoms with E-state index in [1.807, 2.05) is 0 Å². The molecular formula is C14H21ClN2O. The third-order valence-electron chi connectivity index (χ3n) is 3.04. The fourth-order valence-corrected chi connectivity index (χ4v) is 2.03. The van der Waals surface area contributed by atoms with Gasteiger partial charge < -0.3 is 10.6 Å². The molecule has 1 aromatic carbocycles. The lowest BCUT2D eigenvalue weighted by molar-refractivity contribution is 0.0963. The highest BCUT2D eigenvalue weighted by Crippen LogP contribution is 2.25. The lowest BCUT2D eigenvalue weighted by atomic mass is 10.0. The predicted molar refractivity (Wildman–Crippen MR) is 77.4 cm³/mol. The van der Waals surface area contributed by atoms with E-state index in [1.165, 1.54) is 0 Å². The number of halogens is 1. The summed E-state index contributed by atoms with van der Waals surface area (Å²) in [5, 5.41) is 6.65. The van der Waals surface area contributed by atoms with Crippen LogP contribution in [-0.4, -0.2) is 19.0 Å². The summed E-state index contributed by atoms with van der Waals surface area (Å²) >= 11 is 6.16. The first kappa shape index (κ1) is 14.8. The third-order valence-corrected chi connectivity index (χ3v) is 3.37. The molecule has 2 N–H and O–H groups in total. The Morgan fingerprint density at radius 3 is 2.56 bits per heavy atom. The number of carbonyl (C=O) groups excluding carboxylic acids is 1. The molecule has 4 heteroatoms. The maximum Gasteiger partial charge on any atom is 0.251 e. The molecule has 1 atom stereocenters. The van der Waals surface area contributed by atoms with Gasteiger partial charge in [-0.25, -0.2) is 0 Å². The van der Waals surface area contributed by atoms with Crippen molar-refractivity contribution in [3.05, 3.63) is 28.8 Å². The average molecular weight is 269 g/mol. The quantitative estimate of drug-likeness (QED) is 0.858. The van der Waals surface area contributed by atoms with E-state index in [0.717, 1.165) is 12.1 Å². The Morgan fingerprint density at radius 2 is 2.06 bits per heavy atom. The Morgan fingerprint density at radius 1 is 1.39 bits per heavy atom. The van der Waals surface area contributed by atoms with Crippen LogP contribution in [0.1, 0.15) is 37.6 Å². The van der Waals surface area contributed by atoms with Gasteiger partial charge in [0.2, 0.25) is 0 Å². The van der Waals surface area contributed by atoms with E-state index in [-0.39, 0.29) is 5.91 Å². The van der Waals surface area contributed by atoms with Gasteiger partial charge in [0.25, 0.3) is 5.91 Å². The van der Waals surface area contributed by atoms with Gasteiger partial charge in [-0.2, -0.15) is 0 Å². The van der Waals surface area contributed by atoms with Crippen LogP contribution < -0.4 is 10.6 Å². The van der Waals surface area contributed by atoms with Crippen molar-refractivity contribution >= 4 is 23.2 Å². The van der Waals surface area contributed by atoms with Crippen LogP contribution in [0.15, 0.2) is 18.2 Å². The van der Waals surface area contributed by atoms with E-state index in [9.17, 15) is 4.79 Å². The van der Waals surface area contributed by atoms with Gasteiger partial charge in [-0.3, -0.25) is 4.79 Å². The third kappa shape index (κ3) is 3.64. The summed E-state index contributed by atoms with van der Waals surface area (Å²) in [6.45, 7) is 6.46. The van der Waals surface area contributed by atoms with E-state index >= 15 is 0 Å². The second kappa shape index (κ2) is 6.64. The van der Waals surface area contributed by atoms with Crippen LogP contribution in [0.25, 0.3) is 0 Å². The summed E-state index contributed by atoms with van der Waals surface area (Å²) in [4.78, 5) is 11.6. The molecule has 1 unspecified atom stereocenters. The number of nitrogens with one attached hydrogen (secondary N) is 2. The highest BCUT2D eigenvalue weighted by Gasteiger charge is 2.13. The van der Waals surface area contributed by atoms with Crippen molar-refractivity contribution in [2.45, 2.75) is 33.2 Å². The molecule has 0 aliphatic heterocycles. The van der Waals surface area contributed by atoms with Gasteiger partial charge >= 0.3 is 0 Å². The summed E-state index contributed by atoms with van der Waals surface area (Å²) in [6, 6.07) is 5.62. The average Bonchev–Trinajstić information content (AvgIpc) is 2.36. The molecule has 1 aromatic rings. The summed E-state index contributed by atoms with van der Waals surface area (Å²) in [6.07, 6.45) is 1.01. The molecule has 0 aliphatic rings. The number of anilines is 1. The summed E-state index contributed by atoms with van der Waals surface area (Å²) in [7, 11) is 1.62. The molecule has 100 valence electrons. The monoisotopic (exact) mass is 268 g/mol. The van der Waals surface area contributed by atoms with Crippen molar-refractivity contribution in [2.24, 2.45) is 5.92 Å². The minimum atomic E-state index is -0.104. The Kier molecular flexibility index (Phi) is 5.48. The predicted octanol–water partition coefficient (Wildman–Crippen LogP) is 3.55. The molecule has 0 spiro atoms. The Balaban J connectivity index is 2.97. The van der Waals surface area contributed by atoms with Crippen LogP contribution in [-0.2, 0) is 0 Å². The molecule has 0 saturated carbocycles. The molecule has 0 aromatic heterocycles. The van der Waals surface area contributed by atoms with Crippen LogP contribution in [0.2, 0.25) is 5.02 Å². The SMILES string of the molecule is CCC(Nc1cc(C(=O)NC)ccc1Cl)C(C)C. The van der Waals surface area contributed by atoms with Crippen LogP contribution in [0.4, 0.5) is 5.69 Å². The van der Waals surface area contributed by atoms with E-state index < -0.39 is 0 Å². The van der Waals surface area contributed by atoms with Crippen LogP contribution >= 0.6 is 11.6 Å². The lowest BCUT2D eigenvalue weighted by Crippen LogP contribution is -2.25. The summed E-state index contributed by atoms with van der Waals surface area (Å²) in [5.74, 6) is 0.405. The number of rotatable bonds is 5. The van der Waals surface area contributed by atoms with Crippen molar-refractivity contribution < 1.29 is 4.79 Å². The Hall–Kier alpha value is -1.22. The summed E-state index contributed by atoms with van der Waals surface area (Å²) < 4.78 is 0. The van der Waals surface area contributed by atoms with Gasteiger partial charge in [0.05, 0.1) is 10.7 Å². The molecule has 18 heavy (non-hydrogen) atoms. The number of hydrogen-bond donors (Lipinski definition) is 2. The van der Waals surface area contributed by atoms with E-state index in [2.05, 4.69) is 31.4 Å². The molecule has 1 rings (SSSR count). The first-order valence-corrected chi connectivity index (χ1v) is 6.65. The van der Waals surface area contributed by atoms with Crippen LogP contribution in [0, 0.1) is 5.92 Å². The molecular weight excluding hydrogens is 248 g/mol. The number of benzene rings is 1. The van der Waals surface area contributed by atoms with Crippen molar-refractivity contribution in [3.8, 4) is 0 Å². The Labute approximate surface area is 114 Å². The van der Waals surface area contributed by atoms with Gasteiger partial charge in [0.1, 0.15) is 0 Å². The fourth-order valence-electron chi connectivity index (χ4n) is 1.86. The summed E-state index contributed by atoms with van der Waals surface area (Å²) in [5.41, 5.74) is 1.43.